The minimum atomic E-state index is -1.01. The number of aromatic nitrogens is 1. The molecule has 0 saturated heterocycles. The third kappa shape index (κ3) is 4.65. The Bertz CT molecular complexity index is 469. The Morgan fingerprint density at radius 1 is 1.18 bits per heavy atom. The summed E-state index contributed by atoms with van der Waals surface area (Å²) in [5.41, 5.74) is 5.44. The van der Waals surface area contributed by atoms with Gasteiger partial charge in [0.05, 0.1) is 11.8 Å². The van der Waals surface area contributed by atoms with Gasteiger partial charge in [0.2, 0.25) is 0 Å². The molecule has 0 unspecified atom stereocenters. The fourth-order valence-electron chi connectivity index (χ4n) is 1.00. The molecule has 0 aliphatic rings. The van der Waals surface area contributed by atoms with Crippen LogP contribution in [0.25, 0.3) is 0 Å². The zero-order valence-corrected chi connectivity index (χ0v) is 8.96. The van der Waals surface area contributed by atoms with E-state index in [4.69, 9.17) is 10.8 Å². The monoisotopic (exact) mass is 232 g/mol. The van der Waals surface area contributed by atoms with Gasteiger partial charge < -0.3 is 10.2 Å². The van der Waals surface area contributed by atoms with Crippen molar-refractivity contribution in [1.29, 1.82) is 0 Å². The summed E-state index contributed by atoms with van der Waals surface area (Å²) in [6.45, 7) is 0. The van der Waals surface area contributed by atoms with E-state index in [9.17, 15) is 9.90 Å². The van der Waals surface area contributed by atoms with E-state index in [0.717, 1.165) is 0 Å². The molecule has 0 atom stereocenters. The lowest BCUT2D eigenvalue weighted by Gasteiger charge is -2.02. The number of carbonyl (C=O) groups is 1. The summed E-state index contributed by atoms with van der Waals surface area (Å²) in [4.78, 5) is 13.0. The molecule has 0 fully saturated rings. The highest BCUT2D eigenvalue weighted by Gasteiger charge is 1.97. The Hall–Kier alpha value is -2.56. The first-order valence-electron chi connectivity index (χ1n) is 4.82. The number of hydrogen-bond donors (Lipinski definition) is 2. The fourth-order valence-corrected chi connectivity index (χ4v) is 1.00. The first kappa shape index (κ1) is 12.5. The maximum atomic E-state index is 10.5. The average Bonchev–Trinajstić information content (AvgIpc) is 2.31. The van der Waals surface area contributed by atoms with Gasteiger partial charge in [-0.15, -0.1) is 5.75 Å². The lowest BCUT2D eigenvalue weighted by molar-refractivity contribution is -0.360. The maximum absolute atomic E-state index is 10.5. The molecule has 17 heavy (non-hydrogen) atoms. The Morgan fingerprint density at radius 3 is 2.18 bits per heavy atom. The Balaban J connectivity index is 0.000000181. The molecule has 1 aromatic heterocycles. The van der Waals surface area contributed by atoms with Crippen LogP contribution in [0.15, 0.2) is 48.7 Å². The minimum Gasteiger partial charge on any atom is -0.872 e. The lowest BCUT2D eigenvalue weighted by Crippen LogP contribution is -2.06. The largest absolute Gasteiger partial charge is 0.872 e. The molecule has 1 heterocycles. The number of benzene rings is 1. The van der Waals surface area contributed by atoms with E-state index in [2.05, 4.69) is 4.98 Å². The SMILES string of the molecule is Nc1cccc[nH+]1.O=C(O)c1ccc([O-])cc1. The summed E-state index contributed by atoms with van der Waals surface area (Å²) in [7, 11) is 0. The van der Waals surface area contributed by atoms with Crippen LogP contribution >= 0.6 is 0 Å². The molecular formula is C12H12N2O3. The predicted molar refractivity (Wildman–Crippen MR) is 60.3 cm³/mol. The molecular weight excluding hydrogens is 220 g/mol. The third-order valence-corrected chi connectivity index (χ3v) is 1.83. The number of carboxylic acids is 1. The standard InChI is InChI=1S/C7H6O3.C5H6N2/c8-6-3-1-5(2-4-6)7(9)10;6-5-3-1-2-4-7-5/h1-4,8H,(H,9,10);1-4H,(H2,6,7). The fraction of sp³-hybridized carbons (Fsp3) is 0. The quantitative estimate of drug-likeness (QED) is 0.749. The highest BCUT2D eigenvalue weighted by Crippen LogP contribution is 2.05. The van der Waals surface area contributed by atoms with Gasteiger partial charge in [-0.1, -0.05) is 18.2 Å². The first-order chi connectivity index (χ1) is 8.09. The minimum absolute atomic E-state index is 0.139. The van der Waals surface area contributed by atoms with Gasteiger partial charge in [0.1, 0.15) is 0 Å². The van der Waals surface area contributed by atoms with Crippen molar-refractivity contribution in [2.75, 3.05) is 5.73 Å². The number of aromatic carboxylic acids is 1. The van der Waals surface area contributed by atoms with Gasteiger partial charge >= 0.3 is 5.97 Å². The number of carboxylic acid groups (broad SMARTS) is 1. The van der Waals surface area contributed by atoms with Gasteiger partial charge in [0, 0.05) is 6.07 Å². The molecule has 0 amide bonds. The molecule has 0 aliphatic heterocycles. The molecule has 1 aromatic carbocycles. The van der Waals surface area contributed by atoms with Gasteiger partial charge in [-0.25, -0.2) is 9.78 Å². The van der Waals surface area contributed by atoms with Crippen molar-refractivity contribution in [3.05, 3.63) is 54.2 Å². The highest BCUT2D eigenvalue weighted by molar-refractivity contribution is 5.87. The Kier molecular flexibility index (Phi) is 4.50. The molecule has 0 saturated carbocycles. The number of H-pyrrole nitrogens is 1. The molecule has 5 nitrogen and oxygen atoms in total. The van der Waals surface area contributed by atoms with Crippen molar-refractivity contribution in [3.63, 3.8) is 0 Å². The van der Waals surface area contributed by atoms with Crippen LogP contribution in [-0.4, -0.2) is 11.1 Å². The number of nitrogens with one attached hydrogen (secondary N) is 1. The summed E-state index contributed by atoms with van der Waals surface area (Å²) in [6.07, 6.45) is 1.79. The van der Waals surface area contributed by atoms with Crippen LogP contribution in [-0.2, 0) is 0 Å². The van der Waals surface area contributed by atoms with Crippen LogP contribution in [0.1, 0.15) is 10.4 Å². The number of rotatable bonds is 1. The van der Waals surface area contributed by atoms with Gasteiger partial charge in [-0.05, 0) is 18.2 Å². The second-order valence-electron chi connectivity index (χ2n) is 3.15. The van der Waals surface area contributed by atoms with Gasteiger partial charge in [-0.3, -0.25) is 5.73 Å². The summed E-state index contributed by atoms with van der Waals surface area (Å²) >= 11 is 0. The van der Waals surface area contributed by atoms with E-state index >= 15 is 0 Å². The van der Waals surface area contributed by atoms with Crippen LogP contribution in [0, 0.1) is 0 Å². The van der Waals surface area contributed by atoms with E-state index in [1.807, 2.05) is 12.1 Å². The van der Waals surface area contributed by atoms with Crippen LogP contribution in [0.3, 0.4) is 0 Å². The van der Waals surface area contributed by atoms with Crippen LogP contribution < -0.4 is 15.8 Å². The maximum Gasteiger partial charge on any atom is 0.335 e. The molecule has 0 aliphatic carbocycles. The summed E-state index contributed by atoms with van der Waals surface area (Å²) in [6, 6.07) is 10.6. The topological polar surface area (TPSA) is 101 Å². The van der Waals surface area contributed by atoms with Crippen molar-refractivity contribution in [2.24, 2.45) is 0 Å². The van der Waals surface area contributed by atoms with Crippen molar-refractivity contribution >= 4 is 11.8 Å². The van der Waals surface area contributed by atoms with E-state index in [1.54, 1.807) is 12.3 Å². The zero-order chi connectivity index (χ0) is 12.7. The molecule has 0 radical (unpaired) electrons. The van der Waals surface area contributed by atoms with Crippen LogP contribution in [0.4, 0.5) is 5.82 Å². The van der Waals surface area contributed by atoms with Crippen LogP contribution in [0.5, 0.6) is 5.75 Å². The summed E-state index contributed by atoms with van der Waals surface area (Å²) < 4.78 is 0. The van der Waals surface area contributed by atoms with Gasteiger partial charge in [0.25, 0.3) is 5.82 Å². The zero-order valence-electron chi connectivity index (χ0n) is 8.96. The number of nitrogens with two attached hydrogens (primary N) is 1. The number of pyridine rings is 1. The number of hydrogen-bond acceptors (Lipinski definition) is 3. The van der Waals surface area contributed by atoms with E-state index in [1.165, 1.54) is 24.3 Å². The van der Waals surface area contributed by atoms with Gasteiger partial charge in [0.15, 0.2) is 0 Å². The summed E-state index contributed by atoms with van der Waals surface area (Å²) in [5, 5.41) is 18.8. The van der Waals surface area contributed by atoms with E-state index < -0.39 is 5.97 Å². The van der Waals surface area contributed by atoms with Crippen molar-refractivity contribution in [3.8, 4) is 5.75 Å². The normalized spacial score (nSPS) is 8.94. The van der Waals surface area contributed by atoms with Crippen molar-refractivity contribution in [2.45, 2.75) is 0 Å². The van der Waals surface area contributed by atoms with Crippen LogP contribution in [0.2, 0.25) is 0 Å². The van der Waals surface area contributed by atoms with E-state index in [-0.39, 0.29) is 11.3 Å². The molecule has 0 bridgehead atoms. The number of aromatic amines is 1. The smallest absolute Gasteiger partial charge is 0.335 e. The average molecular weight is 232 g/mol. The van der Waals surface area contributed by atoms with Gasteiger partial charge in [-0.2, -0.15) is 0 Å². The van der Waals surface area contributed by atoms with Crippen molar-refractivity contribution in [1.82, 2.24) is 0 Å². The second-order valence-corrected chi connectivity index (χ2v) is 3.15. The van der Waals surface area contributed by atoms with E-state index in [0.29, 0.717) is 5.82 Å². The Labute approximate surface area is 98.2 Å². The molecule has 88 valence electrons. The molecule has 5 heteroatoms. The third-order valence-electron chi connectivity index (χ3n) is 1.83. The Morgan fingerprint density at radius 2 is 1.82 bits per heavy atom. The predicted octanol–water partition coefficient (Wildman–Crippen LogP) is 0.541. The first-order valence-corrected chi connectivity index (χ1v) is 4.82. The summed E-state index contributed by atoms with van der Waals surface area (Å²) in [5.74, 6) is -0.493. The molecule has 2 rings (SSSR count). The van der Waals surface area contributed by atoms with Crippen molar-refractivity contribution < 1.29 is 20.0 Å². The molecule has 0 spiro atoms. The number of nitrogen functional groups attached to an aromatic ring is 1. The highest BCUT2D eigenvalue weighted by atomic mass is 16.4. The molecule has 2 aromatic rings. The lowest BCUT2D eigenvalue weighted by atomic mass is 10.2. The second kappa shape index (κ2) is 6.12. The molecule has 4 N–H and O–H groups in total. The number of anilines is 1.